The number of hydrogen-bond acceptors (Lipinski definition) is 4. The number of rotatable bonds is 5. The van der Waals surface area contributed by atoms with Crippen LogP contribution in [-0.2, 0) is 13.1 Å². The van der Waals surface area contributed by atoms with Gasteiger partial charge in [-0.05, 0) is 25.0 Å². The molecule has 130 valence electrons. The van der Waals surface area contributed by atoms with E-state index < -0.39 is 0 Å². The number of benzene rings is 1. The van der Waals surface area contributed by atoms with Crippen molar-refractivity contribution in [3.63, 3.8) is 0 Å². The van der Waals surface area contributed by atoms with Crippen LogP contribution in [0.15, 0.2) is 47.4 Å². The Labute approximate surface area is 146 Å². The lowest BCUT2D eigenvalue weighted by atomic mass is 10.1. The maximum absolute atomic E-state index is 12.2. The van der Waals surface area contributed by atoms with Gasteiger partial charge in [-0.2, -0.15) is 4.98 Å². The number of nitrogens with one attached hydrogen (secondary N) is 1. The van der Waals surface area contributed by atoms with E-state index in [1.54, 1.807) is 24.5 Å². The largest absolute Gasteiger partial charge is 0.428 e. The third kappa shape index (κ3) is 4.26. The normalized spacial score (nSPS) is 10.7. The molecule has 2 amide bonds. The highest BCUT2D eigenvalue weighted by molar-refractivity contribution is 5.86. The number of aromatic nitrogens is 3. The summed E-state index contributed by atoms with van der Waals surface area (Å²) in [5, 5.41) is 2.66. The Kier molecular flexibility index (Phi) is 4.83. The third-order valence-electron chi connectivity index (χ3n) is 3.96. The SMILES string of the molecule is Cc1nc(NC(=O)N(C)Cc2ccc(Cn3ccnc3)cc2)oc1C. The molecule has 3 aromatic rings. The molecule has 7 heteroatoms. The van der Waals surface area contributed by atoms with Crippen LogP contribution in [0, 0.1) is 13.8 Å². The van der Waals surface area contributed by atoms with Gasteiger partial charge in [0.1, 0.15) is 5.76 Å². The van der Waals surface area contributed by atoms with Crippen molar-refractivity contribution in [1.82, 2.24) is 19.4 Å². The third-order valence-corrected chi connectivity index (χ3v) is 3.96. The molecule has 0 saturated carbocycles. The topological polar surface area (TPSA) is 76.2 Å². The van der Waals surface area contributed by atoms with Crippen molar-refractivity contribution in [2.45, 2.75) is 26.9 Å². The molecular formula is C18H21N5O2. The number of nitrogens with zero attached hydrogens (tertiary/aromatic N) is 4. The van der Waals surface area contributed by atoms with Crippen LogP contribution in [0.3, 0.4) is 0 Å². The van der Waals surface area contributed by atoms with E-state index in [-0.39, 0.29) is 12.0 Å². The van der Waals surface area contributed by atoms with Gasteiger partial charge in [-0.1, -0.05) is 24.3 Å². The van der Waals surface area contributed by atoms with E-state index in [4.69, 9.17) is 4.42 Å². The fourth-order valence-electron chi connectivity index (χ4n) is 2.40. The smallest absolute Gasteiger partial charge is 0.325 e. The number of oxazole rings is 1. The van der Waals surface area contributed by atoms with Crippen LogP contribution in [0.1, 0.15) is 22.6 Å². The van der Waals surface area contributed by atoms with Gasteiger partial charge in [0, 0.05) is 32.5 Å². The molecule has 0 aliphatic heterocycles. The van der Waals surface area contributed by atoms with Crippen molar-refractivity contribution in [3.8, 4) is 0 Å². The first kappa shape index (κ1) is 16.8. The highest BCUT2D eigenvalue weighted by Gasteiger charge is 2.13. The van der Waals surface area contributed by atoms with Gasteiger partial charge >= 0.3 is 12.0 Å². The molecule has 0 aliphatic rings. The summed E-state index contributed by atoms with van der Waals surface area (Å²) in [5.41, 5.74) is 3.00. The maximum Gasteiger partial charge on any atom is 0.325 e. The summed E-state index contributed by atoms with van der Waals surface area (Å²) in [6.07, 6.45) is 5.48. The zero-order valence-electron chi connectivity index (χ0n) is 14.6. The predicted molar refractivity (Wildman–Crippen MR) is 94.2 cm³/mol. The number of anilines is 1. The zero-order chi connectivity index (χ0) is 17.8. The minimum atomic E-state index is -0.260. The number of carbonyl (C=O) groups is 1. The van der Waals surface area contributed by atoms with Gasteiger partial charge in [0.2, 0.25) is 0 Å². The number of urea groups is 1. The van der Waals surface area contributed by atoms with Crippen molar-refractivity contribution in [2.75, 3.05) is 12.4 Å². The van der Waals surface area contributed by atoms with Crippen molar-refractivity contribution >= 4 is 12.0 Å². The lowest BCUT2D eigenvalue weighted by Crippen LogP contribution is -2.30. The van der Waals surface area contributed by atoms with E-state index in [9.17, 15) is 4.79 Å². The summed E-state index contributed by atoms with van der Waals surface area (Å²) >= 11 is 0. The Hall–Kier alpha value is -3.09. The minimum Gasteiger partial charge on any atom is -0.428 e. The average Bonchev–Trinajstić information content (AvgIpc) is 3.19. The molecule has 7 nitrogen and oxygen atoms in total. The number of hydrogen-bond donors (Lipinski definition) is 1. The quantitative estimate of drug-likeness (QED) is 0.774. The summed E-state index contributed by atoms with van der Waals surface area (Å²) in [5.74, 6) is 0.700. The van der Waals surface area contributed by atoms with Gasteiger partial charge in [0.25, 0.3) is 0 Å². The molecule has 0 bridgehead atoms. The van der Waals surface area contributed by atoms with Crippen LogP contribution in [0.2, 0.25) is 0 Å². The standard InChI is InChI=1S/C18H21N5O2/c1-13-14(2)25-17(20-13)21-18(24)22(3)10-15-4-6-16(7-5-15)11-23-9-8-19-12-23/h4-9,12H,10-11H2,1-3H3,(H,20,21,24). The van der Waals surface area contributed by atoms with E-state index >= 15 is 0 Å². The summed E-state index contributed by atoms with van der Waals surface area (Å²) in [6, 6.07) is 8.13. The first-order valence-corrected chi connectivity index (χ1v) is 8.01. The lowest BCUT2D eigenvalue weighted by Gasteiger charge is -2.17. The van der Waals surface area contributed by atoms with Gasteiger partial charge in [0.05, 0.1) is 12.0 Å². The highest BCUT2D eigenvalue weighted by atomic mass is 16.4. The molecule has 2 heterocycles. The second-order valence-electron chi connectivity index (χ2n) is 6.00. The molecule has 0 radical (unpaired) electrons. The van der Waals surface area contributed by atoms with Crippen LogP contribution in [0.5, 0.6) is 0 Å². The summed E-state index contributed by atoms with van der Waals surface area (Å²) in [4.78, 5) is 22.0. The summed E-state index contributed by atoms with van der Waals surface area (Å²) < 4.78 is 7.38. The van der Waals surface area contributed by atoms with Crippen LogP contribution >= 0.6 is 0 Å². The molecule has 3 rings (SSSR count). The average molecular weight is 339 g/mol. The molecule has 0 saturated heterocycles. The lowest BCUT2D eigenvalue weighted by molar-refractivity contribution is 0.220. The second kappa shape index (κ2) is 7.21. The predicted octanol–water partition coefficient (Wildman–Crippen LogP) is 3.20. The Balaban J connectivity index is 1.56. The molecule has 0 spiro atoms. The molecule has 1 aromatic carbocycles. The molecule has 25 heavy (non-hydrogen) atoms. The number of aryl methyl sites for hydroxylation is 2. The fraction of sp³-hybridized carbons (Fsp3) is 0.278. The Morgan fingerprint density at radius 3 is 2.56 bits per heavy atom. The van der Waals surface area contributed by atoms with Crippen LogP contribution in [0.25, 0.3) is 0 Å². The molecule has 2 aromatic heterocycles. The van der Waals surface area contributed by atoms with Crippen LogP contribution in [-0.4, -0.2) is 32.5 Å². The van der Waals surface area contributed by atoms with Crippen molar-refractivity contribution in [2.24, 2.45) is 0 Å². The number of amides is 2. The van der Waals surface area contributed by atoms with Gasteiger partial charge < -0.3 is 13.9 Å². The van der Waals surface area contributed by atoms with E-state index in [2.05, 4.69) is 27.4 Å². The molecule has 0 atom stereocenters. The monoisotopic (exact) mass is 339 g/mol. The van der Waals surface area contributed by atoms with E-state index in [1.165, 1.54) is 5.56 Å². The van der Waals surface area contributed by atoms with Gasteiger partial charge in [-0.15, -0.1) is 0 Å². The second-order valence-corrected chi connectivity index (χ2v) is 6.00. The summed E-state index contributed by atoms with van der Waals surface area (Å²) in [6.45, 7) is 4.92. The highest BCUT2D eigenvalue weighted by Crippen LogP contribution is 2.14. The van der Waals surface area contributed by atoms with E-state index in [1.807, 2.05) is 36.7 Å². The van der Waals surface area contributed by atoms with Crippen molar-refractivity contribution < 1.29 is 9.21 Å². The number of imidazole rings is 1. The first-order valence-electron chi connectivity index (χ1n) is 8.01. The number of carbonyl (C=O) groups excluding carboxylic acids is 1. The molecule has 0 aliphatic carbocycles. The Bertz CT molecular complexity index is 817. The first-order chi connectivity index (χ1) is 12.0. The van der Waals surface area contributed by atoms with Gasteiger partial charge in [-0.3, -0.25) is 5.32 Å². The van der Waals surface area contributed by atoms with E-state index in [0.717, 1.165) is 17.8 Å². The molecule has 1 N–H and O–H groups in total. The zero-order valence-corrected chi connectivity index (χ0v) is 14.6. The molecular weight excluding hydrogens is 318 g/mol. The Morgan fingerprint density at radius 1 is 1.24 bits per heavy atom. The van der Waals surface area contributed by atoms with Crippen molar-refractivity contribution in [1.29, 1.82) is 0 Å². The van der Waals surface area contributed by atoms with Gasteiger partial charge in [0.15, 0.2) is 0 Å². The van der Waals surface area contributed by atoms with Crippen LogP contribution < -0.4 is 5.32 Å². The fourth-order valence-corrected chi connectivity index (χ4v) is 2.40. The minimum absolute atomic E-state index is 0.225. The van der Waals surface area contributed by atoms with Crippen LogP contribution in [0.4, 0.5) is 10.8 Å². The Morgan fingerprint density at radius 2 is 1.96 bits per heavy atom. The maximum atomic E-state index is 12.2. The molecule has 0 unspecified atom stereocenters. The summed E-state index contributed by atoms with van der Waals surface area (Å²) in [7, 11) is 1.73. The molecule has 0 fully saturated rings. The van der Waals surface area contributed by atoms with Crippen molar-refractivity contribution in [3.05, 3.63) is 65.6 Å². The van der Waals surface area contributed by atoms with Gasteiger partial charge in [-0.25, -0.2) is 9.78 Å². The van der Waals surface area contributed by atoms with E-state index in [0.29, 0.717) is 12.3 Å².